The molecule has 42 heavy (non-hydrogen) atoms. The zero-order valence-corrected chi connectivity index (χ0v) is 24.0. The van der Waals surface area contributed by atoms with E-state index in [0.717, 1.165) is 31.3 Å². The smallest absolute Gasteiger partial charge is 0.255 e. The molecule has 1 aromatic carbocycles. The molecule has 4 aliphatic carbocycles. The number of carbonyl (C=O) groups is 3. The topological polar surface area (TPSA) is 217 Å². The van der Waals surface area contributed by atoms with Gasteiger partial charge >= 0.3 is 0 Å². The lowest BCUT2D eigenvalue weighted by molar-refractivity contribution is -0.139. The second-order valence-corrected chi connectivity index (χ2v) is 12.2. The quantitative estimate of drug-likeness (QED) is 0.279. The van der Waals surface area contributed by atoms with E-state index >= 15 is 0 Å². The lowest BCUT2D eigenvalue weighted by atomic mass is 9.47. The Hall–Kier alpha value is -3.95. The van der Waals surface area contributed by atoms with Gasteiger partial charge in [0.25, 0.3) is 5.91 Å². The summed E-state index contributed by atoms with van der Waals surface area (Å²) < 4.78 is 0. The van der Waals surface area contributed by atoms with Gasteiger partial charge in [0, 0.05) is 5.03 Å². The Labute approximate surface area is 247 Å². The standard InChI is InChI=1S/C30H32ClN5O6/c1-36(2)24-23(39)20(27(33)42)25(40)29(13-32)26(41)21-22(38)19-16(11-28(21,34)12-30(24,29)35)15(8-9-18(19)37)10-17(31)14-6-4-3-5-7-14/h6,8-10,24,37-38,40H,3-5,7,11-12,34-35H2,1-2H3,(H2,33,42)/b17-10-/t24-,28-,29+,30-/m1/s1. The molecule has 12 heteroatoms. The number of nitriles is 1. The van der Waals surface area contributed by atoms with Crippen molar-refractivity contribution in [1.29, 1.82) is 5.26 Å². The van der Waals surface area contributed by atoms with E-state index in [2.05, 4.69) is 6.08 Å². The second-order valence-electron chi connectivity index (χ2n) is 11.8. The predicted octanol–water partition coefficient (Wildman–Crippen LogP) is 1.99. The van der Waals surface area contributed by atoms with Crippen LogP contribution in [0.3, 0.4) is 0 Å². The molecule has 0 radical (unpaired) electrons. The number of rotatable bonds is 4. The average molecular weight is 594 g/mol. The molecule has 0 heterocycles. The molecule has 0 bridgehead atoms. The van der Waals surface area contributed by atoms with E-state index in [1.165, 1.54) is 25.1 Å². The van der Waals surface area contributed by atoms with Crippen molar-refractivity contribution in [3.8, 4) is 11.8 Å². The van der Waals surface area contributed by atoms with Crippen LogP contribution in [0.25, 0.3) is 11.8 Å². The van der Waals surface area contributed by atoms with E-state index < -0.39 is 69.1 Å². The van der Waals surface area contributed by atoms with Crippen LogP contribution in [-0.4, -0.2) is 68.9 Å². The van der Waals surface area contributed by atoms with Crippen molar-refractivity contribution < 1.29 is 29.7 Å². The number of nitrogens with zero attached hydrogens (tertiary/aromatic N) is 2. The largest absolute Gasteiger partial charge is 0.509 e. The molecule has 0 aromatic heterocycles. The van der Waals surface area contributed by atoms with Gasteiger partial charge in [-0.1, -0.05) is 23.7 Å². The van der Waals surface area contributed by atoms with E-state index in [-0.39, 0.29) is 17.7 Å². The number of carbonyl (C=O) groups excluding carboxylic acids is 3. The van der Waals surface area contributed by atoms with Crippen LogP contribution in [0.15, 0.2) is 45.7 Å². The Bertz CT molecular complexity index is 1630. The molecule has 220 valence electrons. The first kappa shape index (κ1) is 29.5. The van der Waals surface area contributed by atoms with Crippen LogP contribution >= 0.6 is 11.6 Å². The molecule has 0 spiro atoms. The van der Waals surface area contributed by atoms with Crippen molar-refractivity contribution in [3.05, 3.63) is 62.4 Å². The fourth-order valence-corrected chi connectivity index (χ4v) is 7.56. The number of amides is 1. The Morgan fingerprint density at radius 3 is 2.45 bits per heavy atom. The number of likely N-dealkylation sites (N-methyl/N-ethyl adjacent to an activating group) is 1. The third kappa shape index (κ3) is 3.79. The number of aromatic hydroxyl groups is 1. The molecule has 11 nitrogen and oxygen atoms in total. The SMILES string of the molecule is CN(C)[C@@H]1C(=O)C(C(N)=O)=C(O)[C@@]2(C#N)C(=O)C3=C(O)c4c(O)ccc(/C=C(\Cl)C5=CCCCC5)c4C[C@@]3(N)C[C@@]12N. The number of nitrogens with two attached hydrogens (primary N) is 3. The van der Waals surface area contributed by atoms with Gasteiger partial charge in [0.15, 0.2) is 17.0 Å². The number of aliphatic hydroxyl groups excluding tert-OH is 2. The number of fused-ring (bicyclic) bond motifs is 3. The van der Waals surface area contributed by atoms with Gasteiger partial charge in [0.1, 0.15) is 22.8 Å². The maximum absolute atomic E-state index is 14.4. The van der Waals surface area contributed by atoms with Crippen LogP contribution < -0.4 is 17.2 Å². The minimum atomic E-state index is -2.70. The third-order valence-electron chi connectivity index (χ3n) is 9.05. The van der Waals surface area contributed by atoms with Crippen molar-refractivity contribution in [2.24, 2.45) is 22.6 Å². The van der Waals surface area contributed by atoms with Gasteiger partial charge in [-0.3, -0.25) is 19.3 Å². The number of hydrogen-bond acceptors (Lipinski definition) is 10. The van der Waals surface area contributed by atoms with Gasteiger partial charge < -0.3 is 32.5 Å². The number of phenols is 1. The van der Waals surface area contributed by atoms with Crippen molar-refractivity contribution in [2.75, 3.05) is 14.1 Å². The highest BCUT2D eigenvalue weighted by Gasteiger charge is 2.74. The number of phenolic OH excluding ortho intramolecular Hbond substituents is 1. The van der Waals surface area contributed by atoms with Crippen LogP contribution in [0.4, 0.5) is 0 Å². The van der Waals surface area contributed by atoms with Crippen LogP contribution in [0, 0.1) is 16.7 Å². The highest BCUT2D eigenvalue weighted by atomic mass is 35.5. The summed E-state index contributed by atoms with van der Waals surface area (Å²) in [5.41, 5.74) is 13.0. The summed E-state index contributed by atoms with van der Waals surface area (Å²) >= 11 is 6.68. The van der Waals surface area contributed by atoms with E-state index in [9.17, 15) is 35.0 Å². The summed E-state index contributed by atoms with van der Waals surface area (Å²) in [6.45, 7) is 0. The number of benzene rings is 1. The molecular formula is C30H32ClN5O6. The summed E-state index contributed by atoms with van der Waals surface area (Å²) in [4.78, 5) is 41.6. The Balaban J connectivity index is 1.79. The maximum atomic E-state index is 14.4. The molecular weight excluding hydrogens is 562 g/mol. The normalized spacial score (nSPS) is 31.3. The van der Waals surface area contributed by atoms with Crippen molar-refractivity contribution in [2.45, 2.75) is 55.6 Å². The number of primary amides is 1. The number of ketones is 2. The number of allylic oxidation sites excluding steroid dienone is 3. The van der Waals surface area contributed by atoms with Crippen LogP contribution in [0.5, 0.6) is 5.75 Å². The summed E-state index contributed by atoms with van der Waals surface area (Å²) in [6, 6.07) is 3.25. The first-order valence-electron chi connectivity index (χ1n) is 13.5. The van der Waals surface area contributed by atoms with Gasteiger partial charge in [0.05, 0.1) is 34.3 Å². The van der Waals surface area contributed by atoms with Crippen molar-refractivity contribution in [1.82, 2.24) is 4.90 Å². The van der Waals surface area contributed by atoms with E-state index in [1.54, 1.807) is 18.2 Å². The first-order chi connectivity index (χ1) is 19.7. The molecule has 9 N–H and O–H groups in total. The molecule has 1 saturated carbocycles. The van der Waals surface area contributed by atoms with Crippen LogP contribution in [-0.2, 0) is 20.8 Å². The lowest BCUT2D eigenvalue weighted by Gasteiger charge is -2.58. The highest BCUT2D eigenvalue weighted by molar-refractivity contribution is 6.34. The minimum absolute atomic E-state index is 0.0810. The van der Waals surface area contributed by atoms with E-state index in [4.69, 9.17) is 28.8 Å². The molecule has 1 aromatic rings. The van der Waals surface area contributed by atoms with Gasteiger partial charge in [-0.25, -0.2) is 0 Å². The molecule has 5 rings (SSSR count). The molecule has 0 saturated heterocycles. The second kappa shape index (κ2) is 9.81. The highest BCUT2D eigenvalue weighted by Crippen LogP contribution is 2.58. The third-order valence-corrected chi connectivity index (χ3v) is 9.40. The number of hydrogen-bond donors (Lipinski definition) is 6. The van der Waals surface area contributed by atoms with Crippen LogP contribution in [0.1, 0.15) is 48.8 Å². The first-order valence-corrected chi connectivity index (χ1v) is 13.9. The number of aliphatic hydroxyl groups is 2. The minimum Gasteiger partial charge on any atom is -0.509 e. The van der Waals surface area contributed by atoms with Gasteiger partial charge in [-0.15, -0.1) is 0 Å². The van der Waals surface area contributed by atoms with Gasteiger partial charge in [-0.2, -0.15) is 5.26 Å². The summed E-state index contributed by atoms with van der Waals surface area (Å²) in [7, 11) is 2.94. The molecule has 4 atom stereocenters. The van der Waals surface area contributed by atoms with Gasteiger partial charge in [0.2, 0.25) is 0 Å². The zero-order chi connectivity index (χ0) is 30.9. The fraction of sp³-hybridized carbons (Fsp3) is 0.400. The lowest BCUT2D eigenvalue weighted by Crippen LogP contribution is -2.80. The molecule has 1 fully saturated rings. The monoisotopic (exact) mass is 593 g/mol. The zero-order valence-electron chi connectivity index (χ0n) is 23.2. The molecule has 4 aliphatic rings. The summed E-state index contributed by atoms with van der Waals surface area (Å²) in [6.07, 6.45) is 6.96. The van der Waals surface area contributed by atoms with Gasteiger partial charge in [-0.05, 0) is 81.5 Å². The molecule has 0 unspecified atom stereocenters. The summed E-state index contributed by atoms with van der Waals surface area (Å²) in [5.74, 6) is -5.73. The Kier molecular flexibility index (Phi) is 6.90. The van der Waals surface area contributed by atoms with Crippen molar-refractivity contribution >= 4 is 40.9 Å². The summed E-state index contributed by atoms with van der Waals surface area (Å²) in [5, 5.41) is 44.7. The van der Waals surface area contributed by atoms with Crippen molar-refractivity contribution in [3.63, 3.8) is 0 Å². The number of Topliss-reactive ketones (excluding diaryl/α,β-unsaturated/α-hetero) is 2. The average Bonchev–Trinajstić information content (AvgIpc) is 2.89. The Morgan fingerprint density at radius 1 is 1.19 bits per heavy atom. The Morgan fingerprint density at radius 2 is 1.88 bits per heavy atom. The maximum Gasteiger partial charge on any atom is 0.255 e. The van der Waals surface area contributed by atoms with Crippen LogP contribution in [0.2, 0.25) is 0 Å². The number of halogens is 1. The molecule has 0 aliphatic heterocycles. The van der Waals surface area contributed by atoms with E-state index in [0.29, 0.717) is 16.2 Å². The fourth-order valence-electron chi connectivity index (χ4n) is 7.27. The molecule has 1 amide bonds. The predicted molar refractivity (Wildman–Crippen MR) is 155 cm³/mol. The van der Waals surface area contributed by atoms with E-state index in [1.807, 2.05) is 0 Å².